The minimum Gasteiger partial charge on any atom is -1.00 e. The second kappa shape index (κ2) is 11.3. The van der Waals surface area contributed by atoms with Gasteiger partial charge in [-0.15, -0.1) is 11.3 Å². The van der Waals surface area contributed by atoms with Gasteiger partial charge in [-0.1, -0.05) is 0 Å². The Morgan fingerprint density at radius 1 is 0.857 bits per heavy atom. The summed E-state index contributed by atoms with van der Waals surface area (Å²) in [6, 6.07) is 15.3. The van der Waals surface area contributed by atoms with Crippen molar-refractivity contribution >= 4 is 38.0 Å². The summed E-state index contributed by atoms with van der Waals surface area (Å²) in [5.41, 5.74) is 2.49. The molecule has 4 rings (SSSR count). The molecule has 0 amide bonds. The fourth-order valence-corrected chi connectivity index (χ4v) is 4.65. The maximum absolute atomic E-state index is 12.8. The molecule has 4 aromatic rings. The molecule has 0 bridgehead atoms. The van der Waals surface area contributed by atoms with E-state index in [1.165, 1.54) is 43.8 Å². The van der Waals surface area contributed by atoms with Gasteiger partial charge < -0.3 is 36.5 Å². The van der Waals surface area contributed by atoms with E-state index in [9.17, 15) is 8.42 Å². The fraction of sp³-hybridized carbons (Fsp3) is 0.136. The lowest BCUT2D eigenvalue weighted by atomic mass is 10.2. The van der Waals surface area contributed by atoms with Crippen molar-refractivity contribution in [2.24, 2.45) is 0 Å². The topological polar surface area (TPSA) is 125 Å². The van der Waals surface area contributed by atoms with Gasteiger partial charge in [0, 0.05) is 22.7 Å². The minimum absolute atomic E-state index is 0. The lowest BCUT2D eigenvalue weighted by molar-refractivity contribution is -0.0000106. The van der Waals surface area contributed by atoms with Crippen LogP contribution in [0.3, 0.4) is 0 Å². The molecular weight excluding hydrogens is 558 g/mol. The summed E-state index contributed by atoms with van der Waals surface area (Å²) in [5, 5.41) is 5.81. The Morgan fingerprint density at radius 3 is 2.20 bits per heavy atom. The molecule has 0 spiro atoms. The molecule has 0 saturated heterocycles. The van der Waals surface area contributed by atoms with E-state index in [1.807, 2.05) is 29.6 Å². The number of ether oxygens (including phenoxy) is 3. The van der Waals surface area contributed by atoms with Crippen LogP contribution in [0.4, 0.5) is 16.6 Å². The summed E-state index contributed by atoms with van der Waals surface area (Å²) < 4.78 is 43.2. The van der Waals surface area contributed by atoms with Crippen LogP contribution in [0.15, 0.2) is 64.9 Å². The van der Waals surface area contributed by atoms with Crippen LogP contribution in [0.1, 0.15) is 0 Å². The van der Waals surface area contributed by atoms with E-state index in [2.05, 4.69) is 25.0 Å². The van der Waals surface area contributed by atoms with Gasteiger partial charge in [0.25, 0.3) is 10.0 Å². The Balaban J connectivity index is 0.00000342. The number of aromatic nitrogens is 3. The van der Waals surface area contributed by atoms with Crippen molar-refractivity contribution < 1.29 is 39.6 Å². The molecule has 2 aromatic heterocycles. The van der Waals surface area contributed by atoms with Gasteiger partial charge in [0.1, 0.15) is 5.75 Å². The van der Waals surface area contributed by atoms with Gasteiger partial charge in [0.15, 0.2) is 10.9 Å². The molecular formula is C22H21BrN5O5S2-. The van der Waals surface area contributed by atoms with Crippen LogP contribution in [-0.2, 0) is 10.0 Å². The minimum atomic E-state index is -3.89. The number of methoxy groups -OCH3 is 3. The summed E-state index contributed by atoms with van der Waals surface area (Å²) in [5.74, 6) is 0.973. The smallest absolute Gasteiger partial charge is 0.321 e. The fourth-order valence-electron chi connectivity index (χ4n) is 2.91. The molecule has 0 saturated carbocycles. The van der Waals surface area contributed by atoms with Crippen molar-refractivity contribution in [3.63, 3.8) is 0 Å². The number of rotatable bonds is 9. The first-order valence-electron chi connectivity index (χ1n) is 9.87. The number of hydrogen-bond acceptors (Lipinski definition) is 10. The molecule has 0 unspecified atom stereocenters. The van der Waals surface area contributed by atoms with Crippen molar-refractivity contribution in [2.45, 2.75) is 4.90 Å². The third kappa shape index (κ3) is 6.38. The summed E-state index contributed by atoms with van der Waals surface area (Å²) in [6.45, 7) is 0. The number of thiazole rings is 1. The highest BCUT2D eigenvalue weighted by atomic mass is 79.9. The molecule has 0 fully saturated rings. The maximum atomic E-state index is 12.8. The summed E-state index contributed by atoms with van der Waals surface area (Å²) in [6.07, 6.45) is 0. The molecule has 2 heterocycles. The van der Waals surface area contributed by atoms with Crippen molar-refractivity contribution in [3.8, 4) is 28.9 Å². The average Bonchev–Trinajstić information content (AvgIpc) is 3.32. The Kier molecular flexibility index (Phi) is 8.48. The van der Waals surface area contributed by atoms with Crippen LogP contribution in [0.5, 0.6) is 17.6 Å². The van der Waals surface area contributed by atoms with E-state index in [4.69, 9.17) is 14.2 Å². The van der Waals surface area contributed by atoms with Crippen LogP contribution in [0, 0.1) is 0 Å². The van der Waals surface area contributed by atoms with Gasteiger partial charge in [-0.2, -0.15) is 9.97 Å². The Bertz CT molecular complexity index is 1360. The zero-order valence-electron chi connectivity index (χ0n) is 18.9. The first kappa shape index (κ1) is 26.2. The quantitative estimate of drug-likeness (QED) is 0.301. The Morgan fingerprint density at radius 2 is 1.57 bits per heavy atom. The summed E-state index contributed by atoms with van der Waals surface area (Å²) in [7, 11) is 0.516. The van der Waals surface area contributed by atoms with Gasteiger partial charge in [-0.05, 0) is 48.5 Å². The highest BCUT2D eigenvalue weighted by Gasteiger charge is 2.17. The number of hydrogen-bond donors (Lipinski definition) is 2. The maximum Gasteiger partial charge on any atom is 0.321 e. The second-order valence-electron chi connectivity index (χ2n) is 6.80. The monoisotopic (exact) mass is 578 g/mol. The molecule has 13 heteroatoms. The molecule has 0 atom stereocenters. The number of nitrogens with one attached hydrogen (secondary N) is 2. The molecule has 35 heavy (non-hydrogen) atoms. The molecule has 2 aromatic carbocycles. The van der Waals surface area contributed by atoms with Crippen LogP contribution < -0.4 is 41.2 Å². The molecule has 0 aliphatic rings. The largest absolute Gasteiger partial charge is 1.00 e. The first-order valence-corrected chi connectivity index (χ1v) is 12.2. The van der Waals surface area contributed by atoms with Crippen LogP contribution in [-0.4, -0.2) is 44.7 Å². The van der Waals surface area contributed by atoms with Crippen molar-refractivity contribution in [3.05, 3.63) is 60.0 Å². The number of halogens is 1. The Hall–Kier alpha value is -3.42. The van der Waals surface area contributed by atoms with E-state index >= 15 is 0 Å². The molecule has 10 nitrogen and oxygen atoms in total. The SMILES string of the molecule is COc1ccc(-c2csc(Nc3ccc(S(=O)(=O)Nc4cc(OC)nc(OC)n4)cc3)n2)cc1.[Br-]. The zero-order chi connectivity index (χ0) is 24.1. The van der Waals surface area contributed by atoms with Crippen LogP contribution >= 0.6 is 11.3 Å². The van der Waals surface area contributed by atoms with Crippen molar-refractivity contribution in [1.29, 1.82) is 0 Å². The van der Waals surface area contributed by atoms with Crippen LogP contribution in [0.2, 0.25) is 0 Å². The molecule has 2 N–H and O–H groups in total. The van der Waals surface area contributed by atoms with E-state index in [1.54, 1.807) is 19.2 Å². The first-order chi connectivity index (χ1) is 16.4. The molecule has 184 valence electrons. The van der Waals surface area contributed by atoms with Gasteiger partial charge in [-0.3, -0.25) is 4.72 Å². The highest BCUT2D eigenvalue weighted by molar-refractivity contribution is 7.92. The van der Waals surface area contributed by atoms with E-state index in [0.29, 0.717) is 10.8 Å². The van der Waals surface area contributed by atoms with Gasteiger partial charge in [0.2, 0.25) is 5.88 Å². The van der Waals surface area contributed by atoms with Crippen molar-refractivity contribution in [1.82, 2.24) is 15.0 Å². The third-order valence-electron chi connectivity index (χ3n) is 4.62. The third-order valence-corrected chi connectivity index (χ3v) is 6.75. The second-order valence-corrected chi connectivity index (χ2v) is 9.34. The number of anilines is 3. The highest BCUT2D eigenvalue weighted by Crippen LogP contribution is 2.29. The summed E-state index contributed by atoms with van der Waals surface area (Å²) >= 11 is 1.45. The lowest BCUT2D eigenvalue weighted by Crippen LogP contribution is -3.00. The average molecular weight is 579 g/mol. The molecule has 0 radical (unpaired) electrons. The number of sulfonamides is 1. The predicted octanol–water partition coefficient (Wildman–Crippen LogP) is 1.17. The number of benzene rings is 2. The predicted molar refractivity (Wildman–Crippen MR) is 130 cm³/mol. The molecule has 0 aliphatic carbocycles. The van der Waals surface area contributed by atoms with Crippen LogP contribution in [0.25, 0.3) is 11.3 Å². The van der Waals surface area contributed by atoms with Gasteiger partial charge >= 0.3 is 6.01 Å². The Labute approximate surface area is 217 Å². The van der Waals surface area contributed by atoms with E-state index < -0.39 is 10.0 Å². The number of nitrogens with zero attached hydrogens (tertiary/aromatic N) is 3. The van der Waals surface area contributed by atoms with Crippen molar-refractivity contribution in [2.75, 3.05) is 31.4 Å². The van der Waals surface area contributed by atoms with Gasteiger partial charge in [0.05, 0.1) is 31.9 Å². The zero-order valence-corrected chi connectivity index (χ0v) is 22.1. The normalized spacial score (nSPS) is 10.7. The summed E-state index contributed by atoms with van der Waals surface area (Å²) in [4.78, 5) is 12.6. The standard InChI is InChI=1S/C22H21N5O5S2.BrH/c1-30-16-8-4-14(5-9-16)18-13-33-22(24-18)23-15-6-10-17(11-7-15)34(28,29)27-19-12-20(31-2)26-21(25-19)32-3;/h4-13H,1-3H3,(H,23,24)(H,25,26,27);1H/p-1. The van der Waals surface area contributed by atoms with E-state index in [0.717, 1.165) is 17.0 Å². The van der Waals surface area contributed by atoms with Gasteiger partial charge in [-0.25, -0.2) is 13.4 Å². The molecule has 0 aliphatic heterocycles. The lowest BCUT2D eigenvalue weighted by Gasteiger charge is -2.10. The van der Waals surface area contributed by atoms with E-state index in [-0.39, 0.29) is 39.6 Å².